The quantitative estimate of drug-likeness (QED) is 0.897. The number of aliphatic carboxylic acids is 1. The third kappa shape index (κ3) is 2.66. The zero-order chi connectivity index (χ0) is 15.1. The molecule has 3 atom stereocenters. The Labute approximate surface area is 123 Å². The number of carboxylic acid groups (broad SMARTS) is 1. The van der Waals surface area contributed by atoms with Crippen molar-refractivity contribution in [3.8, 4) is 0 Å². The van der Waals surface area contributed by atoms with Gasteiger partial charge in [0.1, 0.15) is 0 Å². The molecule has 1 aliphatic rings. The van der Waals surface area contributed by atoms with Crippen molar-refractivity contribution in [3.05, 3.63) is 34.9 Å². The van der Waals surface area contributed by atoms with E-state index in [1.54, 1.807) is 12.1 Å². The second-order valence-electron chi connectivity index (χ2n) is 5.90. The molecular weight excluding hydrogens is 278 g/mol. The van der Waals surface area contributed by atoms with E-state index in [0.29, 0.717) is 5.02 Å². The summed E-state index contributed by atoms with van der Waals surface area (Å²) in [5.41, 5.74) is 0.461. The first-order chi connectivity index (χ1) is 9.25. The summed E-state index contributed by atoms with van der Waals surface area (Å²) in [6.07, 6.45) is 0. The first-order valence-corrected chi connectivity index (χ1v) is 6.91. The van der Waals surface area contributed by atoms with Crippen molar-refractivity contribution in [3.63, 3.8) is 0 Å². The van der Waals surface area contributed by atoms with Crippen LogP contribution in [-0.2, 0) is 9.59 Å². The molecule has 0 spiro atoms. The maximum Gasteiger partial charge on any atom is 0.307 e. The highest BCUT2D eigenvalue weighted by Crippen LogP contribution is 2.58. The van der Waals surface area contributed by atoms with E-state index in [4.69, 9.17) is 16.7 Å². The Bertz CT molecular complexity index is 539. The number of rotatable bonds is 4. The minimum Gasteiger partial charge on any atom is -0.481 e. The van der Waals surface area contributed by atoms with E-state index in [0.717, 1.165) is 5.56 Å². The first kappa shape index (κ1) is 14.9. The van der Waals surface area contributed by atoms with Gasteiger partial charge in [-0.05, 0) is 30.0 Å². The predicted molar refractivity (Wildman–Crippen MR) is 76.4 cm³/mol. The molecule has 0 heterocycles. The number of hydrogen-bond donors (Lipinski definition) is 2. The van der Waals surface area contributed by atoms with E-state index in [1.807, 2.05) is 32.9 Å². The van der Waals surface area contributed by atoms with Crippen molar-refractivity contribution in [1.29, 1.82) is 0 Å². The molecule has 0 bridgehead atoms. The van der Waals surface area contributed by atoms with Crippen LogP contribution in [-0.4, -0.2) is 17.0 Å². The van der Waals surface area contributed by atoms with Crippen molar-refractivity contribution in [1.82, 2.24) is 5.32 Å². The molecule has 1 fully saturated rings. The van der Waals surface area contributed by atoms with Gasteiger partial charge in [-0.15, -0.1) is 0 Å². The van der Waals surface area contributed by atoms with Gasteiger partial charge < -0.3 is 10.4 Å². The summed E-state index contributed by atoms with van der Waals surface area (Å²) in [5, 5.41) is 12.6. The van der Waals surface area contributed by atoms with Gasteiger partial charge in [0.15, 0.2) is 0 Å². The SMILES string of the molecule is C[C@H](NC(=O)[C@H]1[C@@H](C(=O)O)C1(C)C)c1ccc(Cl)cc1. The van der Waals surface area contributed by atoms with Crippen molar-refractivity contribution >= 4 is 23.5 Å². The van der Waals surface area contributed by atoms with E-state index in [1.165, 1.54) is 0 Å². The van der Waals surface area contributed by atoms with Gasteiger partial charge in [0.25, 0.3) is 0 Å². The predicted octanol–water partition coefficient (Wildman–Crippen LogP) is 2.87. The number of carbonyl (C=O) groups excluding carboxylic acids is 1. The summed E-state index contributed by atoms with van der Waals surface area (Å²) in [7, 11) is 0. The number of nitrogens with one attached hydrogen (secondary N) is 1. The molecule has 0 radical (unpaired) electrons. The van der Waals surface area contributed by atoms with Gasteiger partial charge in [-0.25, -0.2) is 0 Å². The molecule has 0 aromatic heterocycles. The van der Waals surface area contributed by atoms with Crippen LogP contribution in [0.25, 0.3) is 0 Å². The number of carbonyl (C=O) groups is 2. The molecule has 2 N–H and O–H groups in total. The molecule has 0 unspecified atom stereocenters. The molecular formula is C15H18ClNO3. The van der Waals surface area contributed by atoms with Crippen LogP contribution in [0.4, 0.5) is 0 Å². The van der Waals surface area contributed by atoms with Crippen LogP contribution in [0.5, 0.6) is 0 Å². The van der Waals surface area contributed by atoms with Crippen LogP contribution < -0.4 is 5.32 Å². The minimum absolute atomic E-state index is 0.175. The first-order valence-electron chi connectivity index (χ1n) is 6.53. The Kier molecular flexibility index (Phi) is 3.78. The number of benzene rings is 1. The fraction of sp³-hybridized carbons (Fsp3) is 0.467. The third-order valence-corrected chi connectivity index (χ3v) is 4.36. The van der Waals surface area contributed by atoms with Crippen molar-refractivity contribution in [2.24, 2.45) is 17.3 Å². The normalized spacial score (nSPS) is 24.8. The zero-order valence-corrected chi connectivity index (χ0v) is 12.4. The molecule has 1 aromatic carbocycles. The summed E-state index contributed by atoms with van der Waals surface area (Å²) in [4.78, 5) is 23.3. The molecule has 1 aromatic rings. The van der Waals surface area contributed by atoms with Gasteiger partial charge in [-0.2, -0.15) is 0 Å². The molecule has 1 aliphatic carbocycles. The van der Waals surface area contributed by atoms with Crippen LogP contribution in [0.3, 0.4) is 0 Å². The van der Waals surface area contributed by atoms with Crippen molar-refractivity contribution in [2.45, 2.75) is 26.8 Å². The number of amides is 1. The van der Waals surface area contributed by atoms with Crippen LogP contribution in [0.2, 0.25) is 5.02 Å². The van der Waals surface area contributed by atoms with Crippen LogP contribution >= 0.6 is 11.6 Å². The molecule has 0 aliphatic heterocycles. The van der Waals surface area contributed by atoms with E-state index in [9.17, 15) is 9.59 Å². The summed E-state index contributed by atoms with van der Waals surface area (Å²) in [5.74, 6) is -2.17. The molecule has 1 amide bonds. The second kappa shape index (κ2) is 5.09. The number of hydrogen-bond acceptors (Lipinski definition) is 2. The minimum atomic E-state index is -0.908. The van der Waals surface area contributed by atoms with Crippen molar-refractivity contribution < 1.29 is 14.7 Å². The Morgan fingerprint density at radius 3 is 2.25 bits per heavy atom. The fourth-order valence-electron chi connectivity index (χ4n) is 2.73. The van der Waals surface area contributed by atoms with Gasteiger partial charge in [0.2, 0.25) is 5.91 Å². The Morgan fingerprint density at radius 1 is 1.25 bits per heavy atom. The lowest BCUT2D eigenvalue weighted by atomic mass is 10.1. The lowest BCUT2D eigenvalue weighted by Crippen LogP contribution is -2.29. The molecule has 0 saturated heterocycles. The lowest BCUT2D eigenvalue weighted by Gasteiger charge is -2.15. The fourth-order valence-corrected chi connectivity index (χ4v) is 2.85. The number of halogens is 1. The summed E-state index contributed by atoms with van der Waals surface area (Å²) >= 11 is 5.82. The maximum atomic E-state index is 12.2. The molecule has 4 nitrogen and oxygen atoms in total. The van der Waals surface area contributed by atoms with Gasteiger partial charge >= 0.3 is 5.97 Å². The van der Waals surface area contributed by atoms with Crippen LogP contribution in [0.15, 0.2) is 24.3 Å². The summed E-state index contributed by atoms with van der Waals surface area (Å²) < 4.78 is 0. The van der Waals surface area contributed by atoms with Crippen molar-refractivity contribution in [2.75, 3.05) is 0 Å². The van der Waals surface area contributed by atoms with Gasteiger partial charge in [-0.3, -0.25) is 9.59 Å². The smallest absolute Gasteiger partial charge is 0.307 e. The Balaban J connectivity index is 2.02. The van der Waals surface area contributed by atoms with E-state index < -0.39 is 23.2 Å². The molecule has 108 valence electrons. The Hall–Kier alpha value is -1.55. The molecule has 1 saturated carbocycles. The van der Waals surface area contributed by atoms with Crippen LogP contribution in [0.1, 0.15) is 32.4 Å². The monoisotopic (exact) mass is 295 g/mol. The van der Waals surface area contributed by atoms with Gasteiger partial charge in [0.05, 0.1) is 17.9 Å². The molecule has 2 rings (SSSR count). The third-order valence-electron chi connectivity index (χ3n) is 4.10. The van der Waals surface area contributed by atoms with E-state index in [-0.39, 0.29) is 11.9 Å². The van der Waals surface area contributed by atoms with E-state index >= 15 is 0 Å². The van der Waals surface area contributed by atoms with Gasteiger partial charge in [0, 0.05) is 5.02 Å². The maximum absolute atomic E-state index is 12.2. The zero-order valence-electron chi connectivity index (χ0n) is 11.7. The topological polar surface area (TPSA) is 66.4 Å². The average Bonchev–Trinajstić information content (AvgIpc) is 2.93. The number of carboxylic acids is 1. The largest absolute Gasteiger partial charge is 0.481 e. The molecule has 5 heteroatoms. The molecule has 20 heavy (non-hydrogen) atoms. The Morgan fingerprint density at radius 2 is 1.80 bits per heavy atom. The summed E-state index contributed by atoms with van der Waals surface area (Å²) in [6, 6.07) is 7.05. The highest BCUT2D eigenvalue weighted by atomic mass is 35.5. The summed E-state index contributed by atoms with van der Waals surface area (Å²) in [6.45, 7) is 5.48. The van der Waals surface area contributed by atoms with Gasteiger partial charge in [-0.1, -0.05) is 37.6 Å². The highest BCUT2D eigenvalue weighted by molar-refractivity contribution is 6.30. The average molecular weight is 296 g/mol. The lowest BCUT2D eigenvalue weighted by molar-refractivity contribution is -0.140. The second-order valence-corrected chi connectivity index (χ2v) is 6.33. The highest BCUT2D eigenvalue weighted by Gasteiger charge is 2.65. The standard InChI is InChI=1S/C15H18ClNO3/c1-8(9-4-6-10(16)7-5-9)17-13(18)11-12(14(19)20)15(11,2)3/h4-8,11-12H,1-3H3,(H,17,18)(H,19,20)/t8-,11+,12-/m0/s1. The van der Waals surface area contributed by atoms with Crippen LogP contribution in [0, 0.1) is 17.3 Å². The van der Waals surface area contributed by atoms with E-state index in [2.05, 4.69) is 5.32 Å².